The zero-order valence-corrected chi connectivity index (χ0v) is 20.3. The Balaban J connectivity index is 1.69. The molecule has 0 fully saturated rings. The number of aromatic nitrogens is 1. The van der Waals surface area contributed by atoms with Crippen molar-refractivity contribution in [3.63, 3.8) is 0 Å². The quantitative estimate of drug-likeness (QED) is 0.381. The summed E-state index contributed by atoms with van der Waals surface area (Å²) in [6, 6.07) is 15.9. The molecule has 180 valence electrons. The first-order chi connectivity index (χ1) is 16.1. The number of aliphatic carboxylic acids is 1. The highest BCUT2D eigenvalue weighted by atomic mass is 35.5. The topological polar surface area (TPSA) is 115 Å². The number of sulfonamides is 1. The maximum atomic E-state index is 11.4. The maximum Gasteiger partial charge on any atom is 0.306 e. The van der Waals surface area contributed by atoms with Crippen molar-refractivity contribution in [2.24, 2.45) is 0 Å². The van der Waals surface area contributed by atoms with Crippen molar-refractivity contribution in [3.8, 4) is 16.9 Å². The summed E-state index contributed by atoms with van der Waals surface area (Å²) >= 11 is 6.37. The number of carboxylic acid groups (broad SMARTS) is 1. The minimum atomic E-state index is -3.41. The smallest absolute Gasteiger partial charge is 0.306 e. The molecule has 0 saturated carbocycles. The van der Waals surface area contributed by atoms with Gasteiger partial charge >= 0.3 is 5.97 Å². The van der Waals surface area contributed by atoms with E-state index in [1.807, 2.05) is 19.1 Å². The lowest BCUT2D eigenvalue weighted by atomic mass is 10.0. The van der Waals surface area contributed by atoms with E-state index in [1.54, 1.807) is 48.7 Å². The third-order valence-corrected chi connectivity index (χ3v) is 5.69. The highest BCUT2D eigenvalue weighted by Crippen LogP contribution is 2.30. The first kappa shape index (κ1) is 25.5. The van der Waals surface area contributed by atoms with Gasteiger partial charge in [0.15, 0.2) is 0 Å². The molecular formula is C24H25ClN2O6S. The lowest BCUT2D eigenvalue weighted by Crippen LogP contribution is -2.10. The molecule has 2 aromatic carbocycles. The molecule has 0 bridgehead atoms. The maximum absolute atomic E-state index is 11.4. The van der Waals surface area contributed by atoms with Gasteiger partial charge in [0.1, 0.15) is 18.2 Å². The van der Waals surface area contributed by atoms with Crippen LogP contribution in [0.5, 0.6) is 5.75 Å². The summed E-state index contributed by atoms with van der Waals surface area (Å²) in [6.07, 6.45) is 1.98. The molecule has 0 saturated heterocycles. The Bertz CT molecular complexity index is 1230. The fraction of sp³-hybridized carbons (Fsp3) is 0.250. The molecule has 1 aromatic heterocycles. The molecule has 8 nitrogen and oxygen atoms in total. The van der Waals surface area contributed by atoms with E-state index in [4.69, 9.17) is 26.2 Å². The first-order valence-corrected chi connectivity index (χ1v) is 12.7. The van der Waals surface area contributed by atoms with E-state index in [9.17, 15) is 13.2 Å². The Labute approximate surface area is 203 Å². The molecule has 0 aliphatic heterocycles. The number of nitrogens with zero attached hydrogens (tertiary/aromatic N) is 1. The number of ether oxygens (including phenoxy) is 2. The van der Waals surface area contributed by atoms with Crippen LogP contribution in [-0.2, 0) is 26.2 Å². The lowest BCUT2D eigenvalue weighted by molar-refractivity contribution is -0.140. The molecule has 0 amide bonds. The highest BCUT2D eigenvalue weighted by molar-refractivity contribution is 7.92. The molecular weight excluding hydrogens is 480 g/mol. The fourth-order valence-electron chi connectivity index (χ4n) is 3.27. The predicted octanol–water partition coefficient (Wildman–Crippen LogP) is 4.90. The molecule has 1 atom stereocenters. The van der Waals surface area contributed by atoms with Crippen LogP contribution in [0, 0.1) is 0 Å². The summed E-state index contributed by atoms with van der Waals surface area (Å²) in [5.41, 5.74) is 3.12. The number of benzene rings is 2. The number of pyridine rings is 1. The average molecular weight is 505 g/mol. The van der Waals surface area contributed by atoms with E-state index >= 15 is 0 Å². The van der Waals surface area contributed by atoms with E-state index < -0.39 is 22.1 Å². The monoisotopic (exact) mass is 504 g/mol. The van der Waals surface area contributed by atoms with Gasteiger partial charge in [-0.05, 0) is 54.4 Å². The number of halogens is 1. The van der Waals surface area contributed by atoms with Gasteiger partial charge in [-0.1, -0.05) is 29.8 Å². The second-order valence-corrected chi connectivity index (χ2v) is 9.68. The summed E-state index contributed by atoms with van der Waals surface area (Å²) < 4.78 is 36.4. The predicted molar refractivity (Wildman–Crippen MR) is 131 cm³/mol. The number of carboxylic acids is 1. The number of anilines is 1. The number of carbonyl (C=O) groups is 1. The standard InChI is InChI=1S/C24H25ClN2O6S/c1-3-32-22(13-24(28)29)17-5-8-19(9-6-17)33-15-16-4-10-21(25)20(12-16)18-7-11-23(26-14-18)27-34(2,30)31/h4-12,14,22H,3,13,15H2,1-2H3,(H,26,27)(H,28,29)/t22-/m0/s1. The number of rotatable bonds is 11. The van der Waals surface area contributed by atoms with E-state index in [-0.39, 0.29) is 18.8 Å². The number of hydrogen-bond acceptors (Lipinski definition) is 6. The Kier molecular flexibility index (Phi) is 8.49. The normalized spacial score (nSPS) is 12.2. The Morgan fingerprint density at radius 3 is 2.47 bits per heavy atom. The van der Waals surface area contributed by atoms with Gasteiger partial charge in [0, 0.05) is 29.0 Å². The van der Waals surface area contributed by atoms with Crippen molar-refractivity contribution in [1.29, 1.82) is 0 Å². The van der Waals surface area contributed by atoms with Crippen molar-refractivity contribution in [2.45, 2.75) is 26.1 Å². The molecule has 34 heavy (non-hydrogen) atoms. The molecule has 0 unspecified atom stereocenters. The van der Waals surface area contributed by atoms with Gasteiger partial charge in [-0.25, -0.2) is 13.4 Å². The molecule has 2 N–H and O–H groups in total. The molecule has 10 heteroatoms. The van der Waals surface area contributed by atoms with Crippen LogP contribution in [0.2, 0.25) is 5.02 Å². The van der Waals surface area contributed by atoms with E-state index in [0.29, 0.717) is 17.4 Å². The molecule has 0 aliphatic rings. The van der Waals surface area contributed by atoms with Crippen LogP contribution in [0.1, 0.15) is 30.6 Å². The highest BCUT2D eigenvalue weighted by Gasteiger charge is 2.16. The van der Waals surface area contributed by atoms with Gasteiger partial charge in [-0.3, -0.25) is 9.52 Å². The summed E-state index contributed by atoms with van der Waals surface area (Å²) in [6.45, 7) is 2.53. The summed E-state index contributed by atoms with van der Waals surface area (Å²) in [7, 11) is -3.41. The van der Waals surface area contributed by atoms with Crippen LogP contribution in [0.25, 0.3) is 11.1 Å². The van der Waals surface area contributed by atoms with Crippen LogP contribution < -0.4 is 9.46 Å². The Morgan fingerprint density at radius 2 is 1.88 bits per heavy atom. The van der Waals surface area contributed by atoms with Crippen molar-refractivity contribution in [2.75, 3.05) is 17.6 Å². The van der Waals surface area contributed by atoms with Crippen molar-refractivity contribution in [1.82, 2.24) is 4.98 Å². The fourth-order valence-corrected chi connectivity index (χ4v) is 3.99. The number of hydrogen-bond donors (Lipinski definition) is 2. The SMILES string of the molecule is CCO[C@@H](CC(=O)O)c1ccc(OCc2ccc(Cl)c(-c3ccc(NS(C)(=O)=O)nc3)c2)cc1. The van der Waals surface area contributed by atoms with E-state index in [2.05, 4.69) is 9.71 Å². The largest absolute Gasteiger partial charge is 0.489 e. The van der Waals surface area contributed by atoms with Gasteiger partial charge in [0.2, 0.25) is 10.0 Å². The Morgan fingerprint density at radius 1 is 1.15 bits per heavy atom. The molecule has 3 aromatic rings. The summed E-state index contributed by atoms with van der Waals surface area (Å²) in [5.74, 6) is -0.0715. The minimum absolute atomic E-state index is 0.109. The second kappa shape index (κ2) is 11.3. The lowest BCUT2D eigenvalue weighted by Gasteiger charge is -2.16. The van der Waals surface area contributed by atoms with Crippen LogP contribution in [-0.4, -0.2) is 37.3 Å². The van der Waals surface area contributed by atoms with E-state index in [1.165, 1.54) is 0 Å². The molecule has 1 heterocycles. The third kappa shape index (κ3) is 7.44. The van der Waals surface area contributed by atoms with Gasteiger partial charge in [-0.15, -0.1) is 0 Å². The molecule has 0 radical (unpaired) electrons. The van der Waals surface area contributed by atoms with Crippen LogP contribution in [0.4, 0.5) is 5.82 Å². The van der Waals surface area contributed by atoms with Crippen molar-refractivity contribution < 1.29 is 27.8 Å². The van der Waals surface area contributed by atoms with Crippen LogP contribution in [0.15, 0.2) is 60.8 Å². The summed E-state index contributed by atoms with van der Waals surface area (Å²) in [4.78, 5) is 15.2. The van der Waals surface area contributed by atoms with Crippen LogP contribution in [0.3, 0.4) is 0 Å². The molecule has 0 spiro atoms. The van der Waals surface area contributed by atoms with Crippen LogP contribution >= 0.6 is 11.6 Å². The van der Waals surface area contributed by atoms with Gasteiger partial charge < -0.3 is 14.6 Å². The summed E-state index contributed by atoms with van der Waals surface area (Å²) in [5, 5.41) is 9.60. The zero-order valence-electron chi connectivity index (χ0n) is 18.7. The van der Waals surface area contributed by atoms with Gasteiger partial charge in [-0.2, -0.15) is 0 Å². The zero-order chi connectivity index (χ0) is 24.7. The average Bonchev–Trinajstić information content (AvgIpc) is 2.78. The van der Waals surface area contributed by atoms with Gasteiger partial charge in [0.05, 0.1) is 18.8 Å². The molecule has 0 aliphatic carbocycles. The second-order valence-electron chi connectivity index (χ2n) is 7.52. The minimum Gasteiger partial charge on any atom is -0.489 e. The third-order valence-electron chi connectivity index (χ3n) is 4.78. The van der Waals surface area contributed by atoms with Gasteiger partial charge in [0.25, 0.3) is 0 Å². The van der Waals surface area contributed by atoms with Crippen molar-refractivity contribution >= 4 is 33.4 Å². The van der Waals surface area contributed by atoms with Crippen molar-refractivity contribution in [3.05, 3.63) is 76.9 Å². The molecule has 3 rings (SSSR count). The Hall–Kier alpha value is -3.14. The number of nitrogens with one attached hydrogen (secondary N) is 1. The first-order valence-electron chi connectivity index (χ1n) is 10.4. The van der Waals surface area contributed by atoms with E-state index in [0.717, 1.165) is 28.5 Å².